The molecule has 1 aromatic carbocycles. The van der Waals surface area contributed by atoms with Crippen molar-refractivity contribution in [2.24, 2.45) is 0 Å². The van der Waals surface area contributed by atoms with Gasteiger partial charge in [0.1, 0.15) is 5.82 Å². The Labute approximate surface area is 91.9 Å². The minimum absolute atomic E-state index is 0.0959. The summed E-state index contributed by atoms with van der Waals surface area (Å²) in [6.45, 7) is 0. The highest BCUT2D eigenvalue weighted by atomic mass is 19.1. The van der Waals surface area contributed by atoms with E-state index in [1.807, 2.05) is 0 Å². The van der Waals surface area contributed by atoms with Crippen LogP contribution in [0.1, 0.15) is 0 Å². The summed E-state index contributed by atoms with van der Waals surface area (Å²) in [7, 11) is 1.48. The molecule has 0 spiro atoms. The smallest absolute Gasteiger partial charge is 0.223 e. The Kier molecular flexibility index (Phi) is 2.68. The molecule has 1 heterocycles. The first-order chi connectivity index (χ1) is 7.69. The maximum absolute atomic E-state index is 13.0. The second-order valence-electron chi connectivity index (χ2n) is 3.16. The summed E-state index contributed by atoms with van der Waals surface area (Å²) in [5.41, 5.74) is 6.68. The highest BCUT2D eigenvalue weighted by molar-refractivity contribution is 5.61. The van der Waals surface area contributed by atoms with E-state index >= 15 is 0 Å². The van der Waals surface area contributed by atoms with Crippen LogP contribution in [-0.4, -0.2) is 17.1 Å². The minimum atomic E-state index is -0.325. The Morgan fingerprint density at radius 3 is 2.75 bits per heavy atom. The van der Waals surface area contributed by atoms with E-state index in [-0.39, 0.29) is 11.8 Å². The van der Waals surface area contributed by atoms with Gasteiger partial charge in [-0.2, -0.15) is 4.98 Å². The average Bonchev–Trinajstić information content (AvgIpc) is 2.28. The highest BCUT2D eigenvalue weighted by Crippen LogP contribution is 2.21. The van der Waals surface area contributed by atoms with Crippen LogP contribution < -0.4 is 10.5 Å². The third-order valence-electron chi connectivity index (χ3n) is 2.05. The van der Waals surface area contributed by atoms with E-state index in [1.165, 1.54) is 19.2 Å². The van der Waals surface area contributed by atoms with Crippen molar-refractivity contribution >= 4 is 5.95 Å². The van der Waals surface area contributed by atoms with Crippen LogP contribution >= 0.6 is 0 Å². The fourth-order valence-corrected chi connectivity index (χ4v) is 1.34. The van der Waals surface area contributed by atoms with E-state index < -0.39 is 0 Å². The lowest BCUT2D eigenvalue weighted by molar-refractivity contribution is 0.398. The summed E-state index contributed by atoms with van der Waals surface area (Å²) in [5.74, 6) is 0.124. The Bertz CT molecular complexity index is 516. The number of aromatic nitrogens is 2. The first kappa shape index (κ1) is 10.4. The Hall–Kier alpha value is -2.17. The molecule has 0 aliphatic carbocycles. The molecular weight excluding hydrogens is 209 g/mol. The lowest BCUT2D eigenvalue weighted by Gasteiger charge is -2.04. The topological polar surface area (TPSA) is 61.0 Å². The van der Waals surface area contributed by atoms with E-state index in [2.05, 4.69) is 9.97 Å². The van der Waals surface area contributed by atoms with Crippen LogP contribution in [0.25, 0.3) is 11.3 Å². The van der Waals surface area contributed by atoms with Gasteiger partial charge in [0.15, 0.2) is 0 Å². The maximum Gasteiger partial charge on any atom is 0.223 e. The van der Waals surface area contributed by atoms with Crippen molar-refractivity contribution in [3.63, 3.8) is 0 Å². The molecule has 0 aliphatic heterocycles. The van der Waals surface area contributed by atoms with Gasteiger partial charge < -0.3 is 10.5 Å². The van der Waals surface area contributed by atoms with Crippen LogP contribution in [0.3, 0.4) is 0 Å². The quantitative estimate of drug-likeness (QED) is 0.837. The molecule has 4 nitrogen and oxygen atoms in total. The summed E-state index contributed by atoms with van der Waals surface area (Å²) in [5, 5.41) is 0. The van der Waals surface area contributed by atoms with Crippen LogP contribution in [0.15, 0.2) is 30.3 Å². The number of hydrogen-bond acceptors (Lipinski definition) is 4. The predicted molar refractivity (Wildman–Crippen MR) is 58.4 cm³/mol. The molecular formula is C11H10FN3O. The van der Waals surface area contributed by atoms with Gasteiger partial charge in [0.2, 0.25) is 11.8 Å². The molecule has 16 heavy (non-hydrogen) atoms. The van der Waals surface area contributed by atoms with E-state index in [0.29, 0.717) is 17.1 Å². The van der Waals surface area contributed by atoms with Crippen LogP contribution in [0.5, 0.6) is 5.88 Å². The van der Waals surface area contributed by atoms with Crippen molar-refractivity contribution in [2.45, 2.75) is 0 Å². The molecule has 1 aromatic heterocycles. The molecule has 2 aromatic rings. The number of hydrogen-bond donors (Lipinski definition) is 1. The van der Waals surface area contributed by atoms with Crippen LogP contribution in [-0.2, 0) is 0 Å². The van der Waals surface area contributed by atoms with E-state index in [1.54, 1.807) is 18.2 Å². The molecule has 0 saturated carbocycles. The first-order valence-electron chi connectivity index (χ1n) is 4.63. The highest BCUT2D eigenvalue weighted by Gasteiger charge is 2.05. The molecule has 2 N–H and O–H groups in total. The summed E-state index contributed by atoms with van der Waals surface area (Å²) in [6, 6.07) is 7.69. The van der Waals surface area contributed by atoms with Gasteiger partial charge in [-0.1, -0.05) is 12.1 Å². The van der Waals surface area contributed by atoms with Gasteiger partial charge in [-0.15, -0.1) is 0 Å². The molecule has 0 aliphatic rings. The zero-order valence-corrected chi connectivity index (χ0v) is 8.64. The summed E-state index contributed by atoms with van der Waals surface area (Å²) in [6.07, 6.45) is 0. The van der Waals surface area contributed by atoms with Gasteiger partial charge in [0.25, 0.3) is 0 Å². The molecule has 0 unspecified atom stereocenters. The van der Waals surface area contributed by atoms with Crippen molar-refractivity contribution in [3.8, 4) is 17.1 Å². The standard InChI is InChI=1S/C11H10FN3O/c1-16-10-6-9(14-11(13)15-10)7-3-2-4-8(12)5-7/h2-6H,1H3,(H2,13,14,15). The fourth-order valence-electron chi connectivity index (χ4n) is 1.34. The van der Waals surface area contributed by atoms with Gasteiger partial charge in [0.05, 0.1) is 12.8 Å². The number of halogens is 1. The van der Waals surface area contributed by atoms with Crippen molar-refractivity contribution in [1.82, 2.24) is 9.97 Å². The zero-order valence-electron chi connectivity index (χ0n) is 8.64. The van der Waals surface area contributed by atoms with Crippen molar-refractivity contribution < 1.29 is 9.13 Å². The van der Waals surface area contributed by atoms with Crippen LogP contribution in [0.2, 0.25) is 0 Å². The Balaban J connectivity index is 2.51. The normalized spacial score (nSPS) is 10.1. The predicted octanol–water partition coefficient (Wildman–Crippen LogP) is 1.87. The van der Waals surface area contributed by atoms with E-state index in [9.17, 15) is 4.39 Å². The SMILES string of the molecule is COc1cc(-c2cccc(F)c2)nc(N)n1. The van der Waals surface area contributed by atoms with E-state index in [4.69, 9.17) is 10.5 Å². The number of anilines is 1. The Morgan fingerprint density at radius 1 is 1.25 bits per heavy atom. The van der Waals surface area contributed by atoms with E-state index in [0.717, 1.165) is 0 Å². The number of methoxy groups -OCH3 is 1. The number of ether oxygens (including phenoxy) is 1. The number of nitrogens with zero attached hydrogens (tertiary/aromatic N) is 2. The summed E-state index contributed by atoms with van der Waals surface area (Å²) < 4.78 is 18.0. The van der Waals surface area contributed by atoms with Gasteiger partial charge in [-0.25, -0.2) is 9.37 Å². The van der Waals surface area contributed by atoms with Crippen molar-refractivity contribution in [3.05, 3.63) is 36.1 Å². The summed E-state index contributed by atoms with van der Waals surface area (Å²) in [4.78, 5) is 7.86. The minimum Gasteiger partial charge on any atom is -0.481 e. The number of nitrogen functional groups attached to an aromatic ring is 1. The molecule has 2 rings (SSSR count). The maximum atomic E-state index is 13.0. The van der Waals surface area contributed by atoms with Crippen molar-refractivity contribution in [2.75, 3.05) is 12.8 Å². The lowest BCUT2D eigenvalue weighted by atomic mass is 10.1. The lowest BCUT2D eigenvalue weighted by Crippen LogP contribution is -1.99. The summed E-state index contributed by atoms with van der Waals surface area (Å²) >= 11 is 0. The molecule has 5 heteroatoms. The van der Waals surface area contributed by atoms with Crippen molar-refractivity contribution in [1.29, 1.82) is 0 Å². The average molecular weight is 219 g/mol. The second kappa shape index (κ2) is 4.14. The third-order valence-corrected chi connectivity index (χ3v) is 2.05. The zero-order chi connectivity index (χ0) is 11.5. The van der Waals surface area contributed by atoms with Gasteiger partial charge >= 0.3 is 0 Å². The largest absolute Gasteiger partial charge is 0.481 e. The Morgan fingerprint density at radius 2 is 2.06 bits per heavy atom. The molecule has 0 saturated heterocycles. The first-order valence-corrected chi connectivity index (χ1v) is 4.63. The van der Waals surface area contributed by atoms with Crippen LogP contribution in [0, 0.1) is 5.82 Å². The van der Waals surface area contributed by atoms with Gasteiger partial charge in [0, 0.05) is 11.6 Å². The van der Waals surface area contributed by atoms with Gasteiger partial charge in [-0.05, 0) is 12.1 Å². The number of nitrogens with two attached hydrogens (primary N) is 1. The van der Waals surface area contributed by atoms with Crippen LogP contribution in [0.4, 0.5) is 10.3 Å². The molecule has 82 valence electrons. The number of benzene rings is 1. The molecule has 0 fully saturated rings. The second-order valence-corrected chi connectivity index (χ2v) is 3.16. The molecule has 0 atom stereocenters. The number of rotatable bonds is 2. The molecule has 0 radical (unpaired) electrons. The fraction of sp³-hybridized carbons (Fsp3) is 0.0909. The molecule has 0 bridgehead atoms. The van der Waals surface area contributed by atoms with Gasteiger partial charge in [-0.3, -0.25) is 0 Å². The third kappa shape index (κ3) is 2.08. The monoisotopic (exact) mass is 219 g/mol. The molecule has 0 amide bonds.